The lowest BCUT2D eigenvalue weighted by Gasteiger charge is -2.04. The molecule has 0 bridgehead atoms. The molecule has 0 rings (SSSR count). The molecule has 64 valence electrons. The highest BCUT2D eigenvalue weighted by Crippen LogP contribution is 1.89. The van der Waals surface area contributed by atoms with Crippen molar-refractivity contribution in [1.29, 1.82) is 0 Å². The molecule has 0 unspecified atom stereocenters. The van der Waals surface area contributed by atoms with Crippen LogP contribution in [0.25, 0.3) is 0 Å². The third kappa shape index (κ3) is 5.67. The molecular weight excluding hydrogens is 138 g/mol. The number of methoxy groups -OCH3 is 1. The summed E-state index contributed by atoms with van der Waals surface area (Å²) in [7, 11) is 1.71. The second-order valence-electron chi connectivity index (χ2n) is 2.22. The van der Waals surface area contributed by atoms with Gasteiger partial charge in [-0.15, -0.1) is 0 Å². The van der Waals surface area contributed by atoms with Crippen molar-refractivity contribution in [2.45, 2.75) is 13.3 Å². The molecule has 0 aromatic rings. The first-order valence-corrected chi connectivity index (χ1v) is 3.86. The third-order valence-corrected chi connectivity index (χ3v) is 1.39. The van der Waals surface area contributed by atoms with Crippen molar-refractivity contribution in [2.24, 2.45) is 0 Å². The van der Waals surface area contributed by atoms with Gasteiger partial charge in [-0.25, -0.2) is 0 Å². The molecule has 0 atom stereocenters. The minimum Gasteiger partial charge on any atom is -0.385 e. The molecule has 11 heavy (non-hydrogen) atoms. The van der Waals surface area contributed by atoms with E-state index >= 15 is 0 Å². The Morgan fingerprint density at radius 2 is 2.36 bits per heavy atom. The van der Waals surface area contributed by atoms with Crippen molar-refractivity contribution in [3.63, 3.8) is 0 Å². The summed E-state index contributed by atoms with van der Waals surface area (Å²) in [6.45, 7) is 7.41. The Bertz CT molecular complexity index is 130. The summed E-state index contributed by atoms with van der Waals surface area (Å²) >= 11 is 0. The van der Waals surface area contributed by atoms with Crippen LogP contribution in [0.3, 0.4) is 0 Å². The zero-order chi connectivity index (χ0) is 8.53. The lowest BCUT2D eigenvalue weighted by molar-refractivity contribution is 0.195. The molecule has 0 aliphatic carbocycles. The number of allylic oxidation sites excluding steroid dienone is 2. The van der Waals surface area contributed by atoms with E-state index in [-0.39, 0.29) is 0 Å². The van der Waals surface area contributed by atoms with E-state index in [0.717, 1.165) is 25.3 Å². The van der Waals surface area contributed by atoms with Crippen LogP contribution in [-0.4, -0.2) is 20.3 Å². The van der Waals surface area contributed by atoms with E-state index < -0.39 is 0 Å². The molecule has 0 saturated heterocycles. The quantitative estimate of drug-likeness (QED) is 0.465. The zero-order valence-electron chi connectivity index (χ0n) is 7.39. The van der Waals surface area contributed by atoms with E-state index in [1.54, 1.807) is 7.11 Å². The molecule has 0 amide bonds. The Kier molecular flexibility index (Phi) is 6.84. The van der Waals surface area contributed by atoms with E-state index in [9.17, 15) is 0 Å². The first kappa shape index (κ1) is 10.2. The van der Waals surface area contributed by atoms with E-state index in [1.807, 2.05) is 19.1 Å². The van der Waals surface area contributed by atoms with E-state index in [1.165, 1.54) is 0 Å². The SMILES string of the molecule is C=C/C(=C/C)NCCCOC. The first-order valence-electron chi connectivity index (χ1n) is 3.86. The average Bonchev–Trinajstić information content (AvgIpc) is 2.05. The summed E-state index contributed by atoms with van der Waals surface area (Å²) in [4.78, 5) is 0. The summed E-state index contributed by atoms with van der Waals surface area (Å²) in [5.74, 6) is 0. The molecule has 0 aliphatic rings. The van der Waals surface area contributed by atoms with Gasteiger partial charge in [0.2, 0.25) is 0 Å². The Balaban J connectivity index is 3.29. The zero-order valence-corrected chi connectivity index (χ0v) is 7.39. The van der Waals surface area contributed by atoms with Crippen LogP contribution in [0.5, 0.6) is 0 Å². The largest absolute Gasteiger partial charge is 0.385 e. The summed E-state index contributed by atoms with van der Waals surface area (Å²) < 4.78 is 4.91. The van der Waals surface area contributed by atoms with Crippen molar-refractivity contribution in [1.82, 2.24) is 5.32 Å². The molecule has 0 fully saturated rings. The third-order valence-electron chi connectivity index (χ3n) is 1.39. The van der Waals surface area contributed by atoms with Crippen molar-refractivity contribution >= 4 is 0 Å². The van der Waals surface area contributed by atoms with E-state index in [2.05, 4.69) is 11.9 Å². The number of hydrogen-bond donors (Lipinski definition) is 1. The predicted molar refractivity (Wildman–Crippen MR) is 48.4 cm³/mol. The maximum atomic E-state index is 4.91. The minimum absolute atomic E-state index is 0.807. The number of hydrogen-bond acceptors (Lipinski definition) is 2. The minimum atomic E-state index is 0.807. The molecule has 0 spiro atoms. The van der Waals surface area contributed by atoms with Gasteiger partial charge >= 0.3 is 0 Å². The van der Waals surface area contributed by atoms with Crippen molar-refractivity contribution in [3.8, 4) is 0 Å². The lowest BCUT2D eigenvalue weighted by atomic mass is 10.3. The Hall–Kier alpha value is -0.760. The summed E-state index contributed by atoms with van der Waals surface area (Å²) in [5, 5.41) is 3.22. The summed E-state index contributed by atoms with van der Waals surface area (Å²) in [6.07, 6.45) is 4.84. The highest BCUT2D eigenvalue weighted by Gasteiger charge is 1.87. The van der Waals surface area contributed by atoms with Gasteiger partial charge in [-0.3, -0.25) is 0 Å². The summed E-state index contributed by atoms with van der Waals surface area (Å²) in [6, 6.07) is 0. The van der Waals surface area contributed by atoms with Gasteiger partial charge < -0.3 is 10.1 Å². The molecule has 0 aromatic heterocycles. The maximum Gasteiger partial charge on any atom is 0.0479 e. The highest BCUT2D eigenvalue weighted by atomic mass is 16.5. The first-order chi connectivity index (χ1) is 5.35. The second-order valence-corrected chi connectivity index (χ2v) is 2.22. The molecule has 0 aromatic carbocycles. The molecular formula is C9H17NO. The van der Waals surface area contributed by atoms with Gasteiger partial charge in [0.15, 0.2) is 0 Å². The molecule has 0 saturated carbocycles. The van der Waals surface area contributed by atoms with Crippen molar-refractivity contribution in [3.05, 3.63) is 24.4 Å². The smallest absolute Gasteiger partial charge is 0.0479 e. The Morgan fingerprint density at radius 1 is 1.64 bits per heavy atom. The van der Waals surface area contributed by atoms with Gasteiger partial charge in [-0.05, 0) is 19.4 Å². The van der Waals surface area contributed by atoms with Crippen LogP contribution < -0.4 is 5.32 Å². The number of rotatable bonds is 6. The molecule has 0 radical (unpaired) electrons. The monoisotopic (exact) mass is 155 g/mol. The van der Waals surface area contributed by atoms with Gasteiger partial charge in [0.25, 0.3) is 0 Å². The van der Waals surface area contributed by atoms with Gasteiger partial charge in [0.05, 0.1) is 0 Å². The predicted octanol–water partition coefficient (Wildman–Crippen LogP) is 1.70. The van der Waals surface area contributed by atoms with Crippen LogP contribution in [0.4, 0.5) is 0 Å². The summed E-state index contributed by atoms with van der Waals surface area (Å²) in [5.41, 5.74) is 1.08. The molecule has 1 N–H and O–H groups in total. The highest BCUT2D eigenvalue weighted by molar-refractivity contribution is 5.12. The fraction of sp³-hybridized carbons (Fsp3) is 0.556. The molecule has 0 heterocycles. The van der Waals surface area contributed by atoms with Crippen LogP contribution in [0.2, 0.25) is 0 Å². The Labute approximate surface area is 68.9 Å². The van der Waals surface area contributed by atoms with Crippen LogP contribution >= 0.6 is 0 Å². The van der Waals surface area contributed by atoms with Crippen molar-refractivity contribution < 1.29 is 4.74 Å². The molecule has 2 heteroatoms. The van der Waals surface area contributed by atoms with Crippen LogP contribution in [0.1, 0.15) is 13.3 Å². The standard InChI is InChI=1S/C9H17NO/c1-4-9(5-2)10-7-6-8-11-3/h4-5,10H,1,6-8H2,2-3H3/b9-5-. The van der Waals surface area contributed by atoms with Crippen LogP contribution in [-0.2, 0) is 4.74 Å². The maximum absolute atomic E-state index is 4.91. The lowest BCUT2D eigenvalue weighted by Crippen LogP contribution is -2.14. The van der Waals surface area contributed by atoms with Gasteiger partial charge in [0, 0.05) is 26.0 Å². The van der Waals surface area contributed by atoms with E-state index in [0.29, 0.717) is 0 Å². The Morgan fingerprint density at radius 3 is 2.82 bits per heavy atom. The van der Waals surface area contributed by atoms with Gasteiger partial charge in [0.1, 0.15) is 0 Å². The average molecular weight is 155 g/mol. The van der Waals surface area contributed by atoms with Gasteiger partial charge in [-0.1, -0.05) is 12.7 Å². The van der Waals surface area contributed by atoms with Crippen molar-refractivity contribution in [2.75, 3.05) is 20.3 Å². The molecule has 2 nitrogen and oxygen atoms in total. The van der Waals surface area contributed by atoms with Crippen LogP contribution in [0, 0.1) is 0 Å². The van der Waals surface area contributed by atoms with Gasteiger partial charge in [-0.2, -0.15) is 0 Å². The normalized spacial score (nSPS) is 11.3. The number of ether oxygens (including phenoxy) is 1. The fourth-order valence-electron chi connectivity index (χ4n) is 0.741. The molecule has 0 aliphatic heterocycles. The number of nitrogens with one attached hydrogen (secondary N) is 1. The topological polar surface area (TPSA) is 21.3 Å². The van der Waals surface area contributed by atoms with Crippen LogP contribution in [0.15, 0.2) is 24.4 Å². The van der Waals surface area contributed by atoms with E-state index in [4.69, 9.17) is 4.74 Å². The second kappa shape index (κ2) is 7.35. The fourth-order valence-corrected chi connectivity index (χ4v) is 0.741.